The van der Waals surface area contributed by atoms with E-state index >= 15 is 0 Å². The van der Waals surface area contributed by atoms with Crippen molar-refractivity contribution in [2.45, 2.75) is 19.4 Å². The van der Waals surface area contributed by atoms with E-state index in [9.17, 15) is 0 Å². The molecule has 0 saturated carbocycles. The van der Waals surface area contributed by atoms with Crippen LogP contribution in [-0.2, 0) is 6.42 Å². The second-order valence-electron chi connectivity index (χ2n) is 4.48. The number of benzene rings is 2. The number of fused-ring (bicyclic) bond motifs is 1. The van der Waals surface area contributed by atoms with Gasteiger partial charge in [0, 0.05) is 12.0 Å². The zero-order valence-corrected chi connectivity index (χ0v) is 9.80. The van der Waals surface area contributed by atoms with Crippen LogP contribution in [0.4, 0.5) is 5.69 Å². The van der Waals surface area contributed by atoms with Gasteiger partial charge in [-0.15, -0.1) is 0 Å². The van der Waals surface area contributed by atoms with Crippen molar-refractivity contribution in [3.05, 3.63) is 65.2 Å². The van der Waals surface area contributed by atoms with Crippen molar-refractivity contribution < 1.29 is 0 Å². The lowest BCUT2D eigenvalue weighted by molar-refractivity contribution is 0.719. The van der Waals surface area contributed by atoms with Crippen LogP contribution in [-0.4, -0.2) is 0 Å². The molecule has 1 aliphatic heterocycles. The summed E-state index contributed by atoms with van der Waals surface area (Å²) in [4.78, 5) is 0. The average molecular weight is 222 g/mol. The Bertz CT molecular complexity index is 555. The predicted octanol–water partition coefficient (Wildman–Crippen LogP) is 4.38. The Hall–Kier alpha value is -1.96. The lowest BCUT2D eigenvalue weighted by Crippen LogP contribution is -1.96. The largest absolute Gasteiger partial charge is 0.180 e. The third-order valence-corrected chi connectivity index (χ3v) is 3.15. The maximum Gasteiger partial charge on any atom is 0.102 e. The third kappa shape index (κ3) is 1.98. The van der Waals surface area contributed by atoms with Crippen molar-refractivity contribution in [2.24, 2.45) is 10.2 Å². The third-order valence-electron chi connectivity index (χ3n) is 3.15. The van der Waals surface area contributed by atoms with Gasteiger partial charge in [0.25, 0.3) is 0 Å². The van der Waals surface area contributed by atoms with Crippen LogP contribution < -0.4 is 0 Å². The Balaban J connectivity index is 1.84. The number of aryl methyl sites for hydroxylation is 1. The Labute approximate surface area is 101 Å². The topological polar surface area (TPSA) is 24.7 Å². The molecule has 1 heterocycles. The summed E-state index contributed by atoms with van der Waals surface area (Å²) in [6.07, 6.45) is 0.931. The van der Waals surface area contributed by atoms with E-state index in [1.54, 1.807) is 0 Å². The molecule has 0 amide bonds. The summed E-state index contributed by atoms with van der Waals surface area (Å²) < 4.78 is 0. The fourth-order valence-corrected chi connectivity index (χ4v) is 2.15. The van der Waals surface area contributed by atoms with E-state index in [2.05, 4.69) is 53.6 Å². The van der Waals surface area contributed by atoms with Crippen LogP contribution in [0.3, 0.4) is 0 Å². The van der Waals surface area contributed by atoms with Crippen molar-refractivity contribution in [2.75, 3.05) is 0 Å². The summed E-state index contributed by atoms with van der Waals surface area (Å²) in [6, 6.07) is 17.0. The first-order valence-electron chi connectivity index (χ1n) is 5.88. The Morgan fingerprint density at radius 1 is 1.00 bits per heavy atom. The average Bonchev–Trinajstić information content (AvgIpc) is 2.76. The molecule has 2 heteroatoms. The molecule has 2 aromatic rings. The van der Waals surface area contributed by atoms with Crippen LogP contribution in [0.1, 0.15) is 22.7 Å². The molecule has 0 radical (unpaired) electrons. The summed E-state index contributed by atoms with van der Waals surface area (Å²) in [7, 11) is 0. The van der Waals surface area contributed by atoms with E-state index in [1.165, 1.54) is 16.7 Å². The minimum Gasteiger partial charge on any atom is -0.180 e. The summed E-state index contributed by atoms with van der Waals surface area (Å²) >= 11 is 0. The summed E-state index contributed by atoms with van der Waals surface area (Å²) in [5, 5.41) is 8.57. The monoisotopic (exact) mass is 222 g/mol. The van der Waals surface area contributed by atoms with Crippen molar-refractivity contribution >= 4 is 5.69 Å². The zero-order chi connectivity index (χ0) is 11.7. The zero-order valence-electron chi connectivity index (χ0n) is 9.80. The van der Waals surface area contributed by atoms with Gasteiger partial charge in [0.1, 0.15) is 6.04 Å². The van der Waals surface area contributed by atoms with Crippen LogP contribution in [0, 0.1) is 6.92 Å². The molecule has 1 atom stereocenters. The first-order chi connectivity index (χ1) is 8.33. The van der Waals surface area contributed by atoms with Gasteiger partial charge in [-0.3, -0.25) is 0 Å². The van der Waals surface area contributed by atoms with Gasteiger partial charge >= 0.3 is 0 Å². The van der Waals surface area contributed by atoms with Crippen LogP contribution in [0.2, 0.25) is 0 Å². The minimum atomic E-state index is 0.189. The highest BCUT2D eigenvalue weighted by molar-refractivity contribution is 5.49. The summed E-state index contributed by atoms with van der Waals surface area (Å²) in [6.45, 7) is 2.11. The van der Waals surface area contributed by atoms with E-state index in [4.69, 9.17) is 0 Å². The second-order valence-corrected chi connectivity index (χ2v) is 4.48. The fraction of sp³-hybridized carbons (Fsp3) is 0.200. The van der Waals surface area contributed by atoms with Gasteiger partial charge in [-0.05, 0) is 18.6 Å². The molecule has 0 fully saturated rings. The van der Waals surface area contributed by atoms with Crippen molar-refractivity contribution in [1.29, 1.82) is 0 Å². The van der Waals surface area contributed by atoms with Gasteiger partial charge in [-0.1, -0.05) is 48.0 Å². The molecule has 3 rings (SSSR count). The summed E-state index contributed by atoms with van der Waals surface area (Å²) in [5.41, 5.74) is 4.87. The van der Waals surface area contributed by atoms with Gasteiger partial charge in [0.2, 0.25) is 0 Å². The molecule has 1 unspecified atom stereocenters. The smallest absolute Gasteiger partial charge is 0.102 e. The molecule has 17 heavy (non-hydrogen) atoms. The number of hydrogen-bond donors (Lipinski definition) is 0. The maximum absolute atomic E-state index is 4.35. The quantitative estimate of drug-likeness (QED) is 0.720. The van der Waals surface area contributed by atoms with Gasteiger partial charge in [-0.25, -0.2) is 0 Å². The molecule has 1 aliphatic rings. The van der Waals surface area contributed by atoms with E-state index in [-0.39, 0.29) is 6.04 Å². The SMILES string of the molecule is Cc1ccc(CC2N=Nc3ccccc32)cc1. The first-order valence-corrected chi connectivity index (χ1v) is 5.88. The highest BCUT2D eigenvalue weighted by atomic mass is 15.2. The highest BCUT2D eigenvalue weighted by Gasteiger charge is 2.19. The first kappa shape index (κ1) is 10.2. The molecule has 0 aliphatic carbocycles. The predicted molar refractivity (Wildman–Crippen MR) is 68.6 cm³/mol. The molecule has 0 spiro atoms. The molecule has 84 valence electrons. The molecule has 0 bridgehead atoms. The molecule has 2 nitrogen and oxygen atoms in total. The van der Waals surface area contributed by atoms with Crippen molar-refractivity contribution in [3.8, 4) is 0 Å². The number of azo groups is 1. The Morgan fingerprint density at radius 3 is 2.59 bits per heavy atom. The van der Waals surface area contributed by atoms with Crippen LogP contribution in [0.5, 0.6) is 0 Å². The molecule has 0 aromatic heterocycles. The second kappa shape index (κ2) is 4.13. The van der Waals surface area contributed by atoms with Crippen LogP contribution in [0.25, 0.3) is 0 Å². The minimum absolute atomic E-state index is 0.189. The maximum atomic E-state index is 4.35. The van der Waals surface area contributed by atoms with E-state index in [1.807, 2.05) is 12.1 Å². The van der Waals surface area contributed by atoms with Gasteiger partial charge in [-0.2, -0.15) is 10.2 Å². The molecule has 2 aromatic carbocycles. The Kier molecular flexibility index (Phi) is 2.48. The van der Waals surface area contributed by atoms with E-state index < -0.39 is 0 Å². The van der Waals surface area contributed by atoms with Crippen molar-refractivity contribution in [3.63, 3.8) is 0 Å². The molecule has 0 N–H and O–H groups in total. The van der Waals surface area contributed by atoms with Gasteiger partial charge in [0.15, 0.2) is 0 Å². The highest BCUT2D eigenvalue weighted by Crippen LogP contribution is 2.37. The molecular formula is C15H14N2. The molecule has 0 saturated heterocycles. The number of nitrogens with zero attached hydrogens (tertiary/aromatic N) is 2. The van der Waals surface area contributed by atoms with Gasteiger partial charge < -0.3 is 0 Å². The van der Waals surface area contributed by atoms with Crippen LogP contribution in [0.15, 0.2) is 58.8 Å². The Morgan fingerprint density at radius 2 is 1.76 bits per heavy atom. The standard InChI is InChI=1S/C15H14N2/c1-11-6-8-12(9-7-11)10-15-13-4-2-3-5-14(13)16-17-15/h2-9,15H,10H2,1H3. The van der Waals surface area contributed by atoms with E-state index in [0.717, 1.165) is 12.1 Å². The fourth-order valence-electron chi connectivity index (χ4n) is 2.15. The van der Waals surface area contributed by atoms with E-state index in [0.29, 0.717) is 0 Å². The van der Waals surface area contributed by atoms with Crippen molar-refractivity contribution in [1.82, 2.24) is 0 Å². The summed E-state index contributed by atoms with van der Waals surface area (Å²) in [5.74, 6) is 0. The lowest BCUT2D eigenvalue weighted by Gasteiger charge is -2.08. The normalized spacial score (nSPS) is 17.1. The molecular weight excluding hydrogens is 208 g/mol. The van der Waals surface area contributed by atoms with Crippen LogP contribution >= 0.6 is 0 Å². The van der Waals surface area contributed by atoms with Gasteiger partial charge in [0.05, 0.1) is 5.69 Å². The lowest BCUT2D eigenvalue weighted by atomic mass is 9.99. The number of rotatable bonds is 2. The number of hydrogen-bond acceptors (Lipinski definition) is 2.